The molecular formula is C30H37ClN6O2. The summed E-state index contributed by atoms with van der Waals surface area (Å²) in [7, 11) is 0. The lowest BCUT2D eigenvalue weighted by Gasteiger charge is -2.43. The van der Waals surface area contributed by atoms with Crippen molar-refractivity contribution in [3.05, 3.63) is 46.6 Å². The summed E-state index contributed by atoms with van der Waals surface area (Å²) >= 11 is 6.30. The van der Waals surface area contributed by atoms with Gasteiger partial charge in [0, 0.05) is 43.0 Å². The first-order chi connectivity index (χ1) is 19.0. The lowest BCUT2D eigenvalue weighted by molar-refractivity contribution is -0.180. The molecule has 6 fully saturated rings. The Balaban J connectivity index is 0.970. The third-order valence-corrected chi connectivity index (χ3v) is 10.7. The van der Waals surface area contributed by atoms with Gasteiger partial charge in [0.2, 0.25) is 5.95 Å². The van der Waals surface area contributed by atoms with Crippen molar-refractivity contribution in [1.82, 2.24) is 15.3 Å². The van der Waals surface area contributed by atoms with Gasteiger partial charge in [-0.1, -0.05) is 29.8 Å². The maximum absolute atomic E-state index is 9.71. The van der Waals surface area contributed by atoms with Crippen LogP contribution in [0.5, 0.6) is 0 Å². The quantitative estimate of drug-likeness (QED) is 0.418. The van der Waals surface area contributed by atoms with Crippen molar-refractivity contribution < 1.29 is 9.47 Å². The van der Waals surface area contributed by atoms with E-state index in [1.54, 1.807) is 6.20 Å². The second kappa shape index (κ2) is 10.2. The number of halogens is 1. The standard InChI is InChI=1S/C30H37ClN6O2/c31-25-4-2-1-3-19(25)16-33-28-34-17-22(15-32)27(37-28)35-18-29-13-20-11-23(29)12-21(14-29)26(20)36-24-5-7-30(8-6-24)38-9-10-39-30/h1-4,17,20-21,23-24,26,36H,5-14,16,18H2,(H2,33,34,35,37)/t20-,21+,23?,26?,29?. The van der Waals surface area contributed by atoms with Crippen LogP contribution < -0.4 is 16.0 Å². The number of nitrogens with zero attached hydrogens (tertiary/aromatic N) is 3. The van der Waals surface area contributed by atoms with Crippen molar-refractivity contribution in [3.63, 3.8) is 0 Å². The van der Waals surface area contributed by atoms with Crippen LogP contribution in [0, 0.1) is 34.5 Å². The topological polar surface area (TPSA) is 104 Å². The van der Waals surface area contributed by atoms with Gasteiger partial charge in [-0.3, -0.25) is 0 Å². The zero-order valence-electron chi connectivity index (χ0n) is 22.3. The minimum Gasteiger partial charge on any atom is -0.368 e. The molecule has 206 valence electrons. The third-order valence-electron chi connectivity index (χ3n) is 10.3. The van der Waals surface area contributed by atoms with Crippen LogP contribution in [0.4, 0.5) is 11.8 Å². The van der Waals surface area contributed by atoms with Gasteiger partial charge in [0.15, 0.2) is 5.79 Å². The van der Waals surface area contributed by atoms with Crippen molar-refractivity contribution in [2.45, 2.75) is 75.8 Å². The highest BCUT2D eigenvalue weighted by Gasteiger charge is 2.61. The van der Waals surface area contributed by atoms with Gasteiger partial charge in [0.25, 0.3) is 0 Å². The van der Waals surface area contributed by atoms with E-state index >= 15 is 0 Å². The fourth-order valence-electron chi connectivity index (χ4n) is 8.49. The molecule has 3 N–H and O–H groups in total. The molecule has 6 aliphatic rings. The van der Waals surface area contributed by atoms with Crippen molar-refractivity contribution in [1.29, 1.82) is 5.26 Å². The number of benzene rings is 1. The maximum atomic E-state index is 9.71. The predicted octanol–water partition coefficient (Wildman–Crippen LogP) is 5.11. The molecule has 39 heavy (non-hydrogen) atoms. The Labute approximate surface area is 235 Å². The van der Waals surface area contributed by atoms with Gasteiger partial charge in [-0.05, 0) is 73.3 Å². The zero-order valence-corrected chi connectivity index (χ0v) is 23.1. The summed E-state index contributed by atoms with van der Waals surface area (Å²) in [6.45, 7) is 2.88. The average Bonchev–Trinajstić information content (AvgIpc) is 3.61. The monoisotopic (exact) mass is 548 g/mol. The molecule has 2 aromatic rings. The summed E-state index contributed by atoms with van der Waals surface area (Å²) in [4.78, 5) is 9.04. The third kappa shape index (κ3) is 4.78. The minimum atomic E-state index is -0.284. The van der Waals surface area contributed by atoms with E-state index < -0.39 is 0 Å². The summed E-state index contributed by atoms with van der Waals surface area (Å²) < 4.78 is 11.9. The number of ether oxygens (including phenoxy) is 2. The lowest BCUT2D eigenvalue weighted by Crippen LogP contribution is -2.52. The van der Waals surface area contributed by atoms with E-state index in [0.717, 1.165) is 68.8 Å². The van der Waals surface area contributed by atoms with Crippen LogP contribution in [0.3, 0.4) is 0 Å². The molecule has 8 rings (SSSR count). The molecule has 0 radical (unpaired) electrons. The van der Waals surface area contributed by atoms with Gasteiger partial charge in [-0.2, -0.15) is 10.2 Å². The molecule has 4 bridgehead atoms. The highest BCUT2D eigenvalue weighted by molar-refractivity contribution is 6.31. The molecule has 8 nitrogen and oxygen atoms in total. The van der Waals surface area contributed by atoms with Gasteiger partial charge in [0.05, 0.1) is 19.4 Å². The fraction of sp³-hybridized carbons (Fsp3) is 0.633. The summed E-state index contributed by atoms with van der Waals surface area (Å²) in [5.74, 6) is 3.09. The van der Waals surface area contributed by atoms with Crippen molar-refractivity contribution in [3.8, 4) is 6.07 Å². The smallest absolute Gasteiger partial charge is 0.224 e. The molecule has 1 aliphatic heterocycles. The van der Waals surface area contributed by atoms with E-state index in [2.05, 4.69) is 32.0 Å². The molecule has 1 aromatic heterocycles. The van der Waals surface area contributed by atoms with Crippen molar-refractivity contribution >= 4 is 23.4 Å². The largest absolute Gasteiger partial charge is 0.368 e. The first-order valence-corrected chi connectivity index (χ1v) is 14.9. The molecule has 1 saturated heterocycles. The minimum absolute atomic E-state index is 0.284. The van der Waals surface area contributed by atoms with Gasteiger partial charge in [-0.25, -0.2) is 4.98 Å². The zero-order chi connectivity index (χ0) is 26.5. The summed E-state index contributed by atoms with van der Waals surface area (Å²) in [6, 6.07) is 11.2. The predicted molar refractivity (Wildman–Crippen MR) is 149 cm³/mol. The van der Waals surface area contributed by atoms with Crippen LogP contribution in [0.15, 0.2) is 30.5 Å². The van der Waals surface area contributed by atoms with E-state index in [9.17, 15) is 5.26 Å². The summed E-state index contributed by atoms with van der Waals surface area (Å²) in [5.41, 5.74) is 1.77. The second-order valence-electron chi connectivity index (χ2n) is 12.4. The summed E-state index contributed by atoms with van der Waals surface area (Å²) in [6.07, 6.45) is 11.1. The first-order valence-electron chi connectivity index (χ1n) is 14.6. The number of hydrogen-bond donors (Lipinski definition) is 3. The SMILES string of the molecule is N#Cc1cnc(NCc2ccccc2Cl)nc1NCC12C[C@H]3CC1C[C@@H](C2)C3NC1CCC2(CC1)OCCO2. The number of nitrogens with one attached hydrogen (secondary N) is 3. The normalized spacial score (nSPS) is 32.5. The van der Waals surface area contributed by atoms with Crippen LogP contribution in [0.25, 0.3) is 0 Å². The molecule has 1 aromatic carbocycles. The van der Waals surface area contributed by atoms with E-state index in [-0.39, 0.29) is 5.79 Å². The van der Waals surface area contributed by atoms with Crippen LogP contribution in [0.1, 0.15) is 62.5 Å². The molecule has 5 aliphatic carbocycles. The lowest BCUT2D eigenvalue weighted by atomic mass is 9.72. The van der Waals surface area contributed by atoms with Gasteiger partial charge < -0.3 is 25.4 Å². The van der Waals surface area contributed by atoms with E-state index in [1.807, 2.05) is 24.3 Å². The Morgan fingerprint density at radius 3 is 2.51 bits per heavy atom. The van der Waals surface area contributed by atoms with E-state index in [4.69, 9.17) is 21.1 Å². The van der Waals surface area contributed by atoms with E-state index in [1.165, 1.54) is 25.7 Å². The molecule has 5 saturated carbocycles. The van der Waals surface area contributed by atoms with E-state index in [0.29, 0.717) is 46.4 Å². The average molecular weight is 549 g/mol. The molecule has 1 spiro atoms. The Kier molecular flexibility index (Phi) is 6.67. The highest BCUT2D eigenvalue weighted by Crippen LogP contribution is 2.65. The number of aromatic nitrogens is 2. The molecular weight excluding hydrogens is 512 g/mol. The Morgan fingerprint density at radius 1 is 1.05 bits per heavy atom. The molecule has 2 heterocycles. The number of rotatable bonds is 8. The van der Waals surface area contributed by atoms with Gasteiger partial charge >= 0.3 is 0 Å². The maximum Gasteiger partial charge on any atom is 0.224 e. The van der Waals surface area contributed by atoms with Crippen LogP contribution >= 0.6 is 11.6 Å². The fourth-order valence-corrected chi connectivity index (χ4v) is 8.69. The highest BCUT2D eigenvalue weighted by atomic mass is 35.5. The number of nitriles is 1. The second-order valence-corrected chi connectivity index (χ2v) is 12.8. The first kappa shape index (κ1) is 25.5. The molecule has 0 amide bonds. The van der Waals surface area contributed by atoms with Crippen molar-refractivity contribution in [2.24, 2.45) is 23.2 Å². The number of hydrogen-bond acceptors (Lipinski definition) is 8. The Bertz CT molecular complexity index is 1230. The Hall–Kier alpha value is -2.44. The Morgan fingerprint density at radius 2 is 1.79 bits per heavy atom. The van der Waals surface area contributed by atoms with Crippen LogP contribution in [0.2, 0.25) is 5.02 Å². The summed E-state index contributed by atoms with van der Waals surface area (Å²) in [5, 5.41) is 21.4. The molecule has 5 atom stereocenters. The number of anilines is 2. The molecule has 9 heteroatoms. The molecule has 3 unspecified atom stereocenters. The van der Waals surface area contributed by atoms with Crippen molar-refractivity contribution in [2.75, 3.05) is 30.4 Å². The van der Waals surface area contributed by atoms with Gasteiger partial charge in [-0.15, -0.1) is 0 Å². The van der Waals surface area contributed by atoms with Crippen LogP contribution in [-0.2, 0) is 16.0 Å². The van der Waals surface area contributed by atoms with Gasteiger partial charge in [0.1, 0.15) is 17.5 Å². The van der Waals surface area contributed by atoms with Crippen LogP contribution in [-0.4, -0.2) is 47.6 Å².